The van der Waals surface area contributed by atoms with Crippen LogP contribution in [0, 0.1) is 17.5 Å². The molecule has 7 heteroatoms. The predicted molar refractivity (Wildman–Crippen MR) is 46.6 cm³/mol. The van der Waals surface area contributed by atoms with Crippen molar-refractivity contribution in [1.29, 1.82) is 0 Å². The van der Waals surface area contributed by atoms with E-state index in [4.69, 9.17) is 11.6 Å². The second-order valence-corrected chi connectivity index (χ2v) is 3.34. The van der Waals surface area contributed by atoms with E-state index in [1.807, 2.05) is 4.72 Å². The van der Waals surface area contributed by atoms with Gasteiger partial charge in [-0.1, -0.05) is 0 Å². The summed E-state index contributed by atoms with van der Waals surface area (Å²) in [6, 6.07) is 1.74. The van der Waals surface area contributed by atoms with Crippen molar-refractivity contribution in [2.75, 3.05) is 0 Å². The van der Waals surface area contributed by atoms with E-state index < -0.39 is 22.8 Å². The number of carbonyl (C=O) groups is 1. The first-order valence-electron chi connectivity index (χ1n) is 3.28. The molecule has 0 fully saturated rings. The summed E-state index contributed by atoms with van der Waals surface area (Å²) in [5, 5.41) is -0.931. The molecule has 1 amide bonds. The number of rotatable bonds is 2. The lowest BCUT2D eigenvalue weighted by atomic mass is 10.3. The molecule has 1 aromatic rings. The number of hydrogen-bond donors (Lipinski definition) is 1. The van der Waals surface area contributed by atoms with E-state index in [0.717, 1.165) is 12.1 Å². The molecule has 0 heterocycles. The average Bonchev–Trinajstić information content (AvgIpc) is 2.13. The van der Waals surface area contributed by atoms with Gasteiger partial charge in [-0.05, 0) is 35.7 Å². The molecule has 2 nitrogen and oxygen atoms in total. The van der Waals surface area contributed by atoms with Crippen LogP contribution in [0.1, 0.15) is 0 Å². The van der Waals surface area contributed by atoms with Crippen LogP contribution in [0.25, 0.3) is 0 Å². The van der Waals surface area contributed by atoms with Crippen LogP contribution in [-0.4, -0.2) is 5.37 Å². The van der Waals surface area contributed by atoms with E-state index in [0.29, 0.717) is 11.9 Å². The molecule has 0 atom stereocenters. The third-order valence-electron chi connectivity index (χ3n) is 1.24. The maximum atomic E-state index is 12.9. The van der Waals surface area contributed by atoms with Crippen molar-refractivity contribution in [3.63, 3.8) is 0 Å². The zero-order valence-corrected chi connectivity index (χ0v) is 8.06. The Morgan fingerprint density at radius 2 is 1.93 bits per heavy atom. The molecule has 0 aliphatic heterocycles. The molecule has 1 aromatic carbocycles. The van der Waals surface area contributed by atoms with E-state index in [2.05, 4.69) is 0 Å². The van der Waals surface area contributed by atoms with Gasteiger partial charge in [-0.3, -0.25) is 9.52 Å². The fraction of sp³-hybridized carbons (Fsp3) is 0. The van der Waals surface area contributed by atoms with Gasteiger partial charge in [0.25, 0.3) is 0 Å². The summed E-state index contributed by atoms with van der Waals surface area (Å²) in [5.41, 5.74) is 0. The molecule has 0 radical (unpaired) electrons. The Kier molecular flexibility index (Phi) is 3.65. The molecule has 0 aliphatic rings. The topological polar surface area (TPSA) is 29.1 Å². The van der Waals surface area contributed by atoms with Gasteiger partial charge >= 0.3 is 5.37 Å². The van der Waals surface area contributed by atoms with Gasteiger partial charge in [0, 0.05) is 0 Å². The monoisotopic (exact) mass is 241 g/mol. The Labute approximate surface area is 86.6 Å². The standard InChI is InChI=1S/C7H3ClF3NOS/c8-7(13)12-14-4-2-1-3(9)5(10)6(4)11/h1-2H,(H,12,13). The largest absolute Gasteiger partial charge is 0.323 e. The van der Waals surface area contributed by atoms with Crippen molar-refractivity contribution in [1.82, 2.24) is 4.72 Å². The third kappa shape index (κ3) is 2.55. The van der Waals surface area contributed by atoms with Crippen molar-refractivity contribution in [2.24, 2.45) is 0 Å². The molecular formula is C7H3ClF3NOS. The van der Waals surface area contributed by atoms with Gasteiger partial charge in [0.2, 0.25) is 0 Å². The van der Waals surface area contributed by atoms with Crippen LogP contribution in [0.4, 0.5) is 18.0 Å². The molecule has 0 unspecified atom stereocenters. The summed E-state index contributed by atoms with van der Waals surface area (Å²) in [6.45, 7) is 0. The van der Waals surface area contributed by atoms with Crippen LogP contribution < -0.4 is 4.72 Å². The van der Waals surface area contributed by atoms with Crippen LogP contribution in [0.5, 0.6) is 0 Å². The molecule has 0 saturated heterocycles. The molecule has 1 rings (SSSR count). The predicted octanol–water partition coefficient (Wildman–Crippen LogP) is 3.06. The number of benzene rings is 1. The molecular weight excluding hydrogens is 239 g/mol. The van der Waals surface area contributed by atoms with Crippen molar-refractivity contribution in [2.45, 2.75) is 4.90 Å². The van der Waals surface area contributed by atoms with Crippen molar-refractivity contribution in [3.8, 4) is 0 Å². The summed E-state index contributed by atoms with van der Waals surface area (Å²) in [4.78, 5) is 9.97. The summed E-state index contributed by atoms with van der Waals surface area (Å²) in [5.74, 6) is -4.23. The van der Waals surface area contributed by atoms with Crippen LogP contribution in [0.15, 0.2) is 17.0 Å². The summed E-state index contributed by atoms with van der Waals surface area (Å²) in [7, 11) is 0. The quantitative estimate of drug-likeness (QED) is 0.373. The van der Waals surface area contributed by atoms with Crippen LogP contribution in [-0.2, 0) is 0 Å². The van der Waals surface area contributed by atoms with Gasteiger partial charge in [0.1, 0.15) is 0 Å². The van der Waals surface area contributed by atoms with Gasteiger partial charge in [-0.15, -0.1) is 0 Å². The second kappa shape index (κ2) is 4.56. The van der Waals surface area contributed by atoms with E-state index in [1.54, 1.807) is 0 Å². The molecule has 14 heavy (non-hydrogen) atoms. The fourth-order valence-corrected chi connectivity index (χ4v) is 1.30. The number of carbonyl (C=O) groups excluding carboxylic acids is 1. The summed E-state index contributed by atoms with van der Waals surface area (Å²) < 4.78 is 39.9. The molecule has 0 aromatic heterocycles. The van der Waals surface area contributed by atoms with E-state index in [9.17, 15) is 18.0 Å². The molecule has 76 valence electrons. The number of amides is 1. The minimum Gasteiger partial charge on any atom is -0.282 e. The molecule has 0 bridgehead atoms. The minimum atomic E-state index is -1.58. The van der Waals surface area contributed by atoms with Crippen LogP contribution in [0.3, 0.4) is 0 Å². The van der Waals surface area contributed by atoms with E-state index >= 15 is 0 Å². The minimum absolute atomic E-state index is 0.252. The lowest BCUT2D eigenvalue weighted by molar-refractivity contribution is 0.264. The maximum Gasteiger partial charge on any atom is 0.323 e. The van der Waals surface area contributed by atoms with Crippen molar-refractivity contribution in [3.05, 3.63) is 29.6 Å². The van der Waals surface area contributed by atoms with Gasteiger partial charge in [-0.2, -0.15) is 0 Å². The zero-order chi connectivity index (χ0) is 10.7. The highest BCUT2D eigenvalue weighted by Crippen LogP contribution is 2.22. The van der Waals surface area contributed by atoms with Gasteiger partial charge in [0.05, 0.1) is 4.90 Å². The Balaban J connectivity index is 2.88. The highest BCUT2D eigenvalue weighted by Gasteiger charge is 2.14. The van der Waals surface area contributed by atoms with Crippen molar-refractivity contribution < 1.29 is 18.0 Å². The van der Waals surface area contributed by atoms with Crippen molar-refractivity contribution >= 4 is 28.9 Å². The highest BCUT2D eigenvalue weighted by atomic mass is 35.5. The van der Waals surface area contributed by atoms with E-state index in [-0.39, 0.29) is 4.90 Å². The maximum absolute atomic E-state index is 12.9. The first-order valence-corrected chi connectivity index (χ1v) is 4.47. The third-order valence-corrected chi connectivity index (χ3v) is 2.27. The lowest BCUT2D eigenvalue weighted by Crippen LogP contribution is -2.06. The second-order valence-electron chi connectivity index (χ2n) is 2.15. The Morgan fingerprint density at radius 1 is 1.29 bits per heavy atom. The Morgan fingerprint density at radius 3 is 2.50 bits per heavy atom. The Hall–Kier alpha value is -0.880. The molecule has 0 saturated carbocycles. The van der Waals surface area contributed by atoms with Gasteiger partial charge < -0.3 is 0 Å². The fourth-order valence-electron chi connectivity index (χ4n) is 0.682. The lowest BCUT2D eigenvalue weighted by Gasteiger charge is -2.02. The highest BCUT2D eigenvalue weighted by molar-refractivity contribution is 7.98. The molecule has 0 aliphatic carbocycles. The van der Waals surface area contributed by atoms with Gasteiger partial charge in [0.15, 0.2) is 17.5 Å². The van der Waals surface area contributed by atoms with E-state index in [1.165, 1.54) is 0 Å². The average molecular weight is 242 g/mol. The number of halogens is 4. The first kappa shape index (κ1) is 11.2. The summed E-state index contributed by atoms with van der Waals surface area (Å²) in [6.07, 6.45) is 0. The molecule has 0 spiro atoms. The molecule has 1 N–H and O–H groups in total. The Bertz CT molecular complexity index is 374. The van der Waals surface area contributed by atoms with Crippen LogP contribution in [0.2, 0.25) is 0 Å². The number of nitrogens with one attached hydrogen (secondary N) is 1. The SMILES string of the molecule is O=C(Cl)NSc1ccc(F)c(F)c1F. The smallest absolute Gasteiger partial charge is 0.282 e. The zero-order valence-electron chi connectivity index (χ0n) is 6.48. The van der Waals surface area contributed by atoms with Crippen LogP contribution >= 0.6 is 23.5 Å². The number of hydrogen-bond acceptors (Lipinski definition) is 2. The summed E-state index contributed by atoms with van der Waals surface area (Å²) >= 11 is 5.35. The van der Waals surface area contributed by atoms with Gasteiger partial charge in [-0.25, -0.2) is 13.2 Å². The normalized spacial score (nSPS) is 10.0. The first-order chi connectivity index (χ1) is 6.52.